The zero-order chi connectivity index (χ0) is 10.4. The molecule has 0 bridgehead atoms. The third kappa shape index (κ3) is 3.84. The molecule has 1 nitrogen and oxygen atoms in total. The Morgan fingerprint density at radius 3 is 1.77 bits per heavy atom. The fraction of sp³-hybridized carbons (Fsp3) is 0.833. The molecule has 0 radical (unpaired) electrons. The molecule has 0 amide bonds. The lowest BCUT2D eigenvalue weighted by Gasteiger charge is -2.35. The molecule has 0 aliphatic rings. The van der Waals surface area contributed by atoms with Gasteiger partial charge in [0.05, 0.1) is 0 Å². The van der Waals surface area contributed by atoms with Crippen LogP contribution in [0.5, 0.6) is 0 Å². The molecular weight excluding hydrogens is 158 g/mol. The summed E-state index contributed by atoms with van der Waals surface area (Å²) in [6.45, 7) is 13.5. The first kappa shape index (κ1) is 12.5. The number of rotatable bonds is 5. The maximum absolute atomic E-state index is 2.50. The van der Waals surface area contributed by atoms with Crippen LogP contribution in [0.1, 0.15) is 54.4 Å². The first-order valence-electron chi connectivity index (χ1n) is 5.51. The van der Waals surface area contributed by atoms with Gasteiger partial charge in [0.15, 0.2) is 0 Å². The fourth-order valence-electron chi connectivity index (χ4n) is 1.93. The second-order valence-corrected chi connectivity index (χ2v) is 4.05. The number of allylic oxidation sites excluding steroid dienone is 2. The molecule has 0 aromatic carbocycles. The summed E-state index contributed by atoms with van der Waals surface area (Å²) in [5.41, 5.74) is 1.49. The number of hydrogen-bond donors (Lipinski definition) is 0. The smallest absolute Gasteiger partial charge is 0.0233 e. The van der Waals surface area contributed by atoms with Crippen LogP contribution in [0.4, 0.5) is 0 Å². The van der Waals surface area contributed by atoms with Crippen LogP contribution in [0, 0.1) is 0 Å². The Hall–Kier alpha value is -0.460. The Morgan fingerprint density at radius 2 is 1.54 bits per heavy atom. The molecule has 0 aliphatic carbocycles. The van der Waals surface area contributed by atoms with Gasteiger partial charge < -0.3 is 4.90 Å². The van der Waals surface area contributed by atoms with Crippen molar-refractivity contribution in [2.75, 3.05) is 0 Å². The molecule has 0 unspecified atom stereocenters. The van der Waals surface area contributed by atoms with Gasteiger partial charge in [-0.25, -0.2) is 0 Å². The standard InChI is InChI=1S/C12H25N/c1-7-9-12(8-2)13(10(3)4)11(5)6/h9-11H,7-8H2,1-6H3. The van der Waals surface area contributed by atoms with Crippen LogP contribution in [0.25, 0.3) is 0 Å². The van der Waals surface area contributed by atoms with E-state index in [1.54, 1.807) is 0 Å². The molecule has 0 saturated heterocycles. The normalized spacial score (nSPS) is 12.8. The van der Waals surface area contributed by atoms with Crippen LogP contribution < -0.4 is 0 Å². The second kappa shape index (κ2) is 6.06. The minimum Gasteiger partial charge on any atom is -0.370 e. The Labute approximate surface area is 83.8 Å². The average Bonchev–Trinajstić information content (AvgIpc) is 2.02. The van der Waals surface area contributed by atoms with E-state index in [0.29, 0.717) is 12.1 Å². The number of nitrogens with zero attached hydrogens (tertiary/aromatic N) is 1. The summed E-state index contributed by atoms with van der Waals surface area (Å²) in [6.07, 6.45) is 4.63. The Kier molecular flexibility index (Phi) is 5.85. The molecule has 0 fully saturated rings. The maximum atomic E-state index is 2.50. The summed E-state index contributed by atoms with van der Waals surface area (Å²) in [5, 5.41) is 0. The third-order valence-corrected chi connectivity index (χ3v) is 2.25. The topological polar surface area (TPSA) is 3.24 Å². The van der Waals surface area contributed by atoms with Gasteiger partial charge in [-0.1, -0.05) is 19.9 Å². The third-order valence-electron chi connectivity index (χ3n) is 2.25. The lowest BCUT2D eigenvalue weighted by molar-refractivity contribution is 0.224. The van der Waals surface area contributed by atoms with Crippen molar-refractivity contribution in [1.82, 2.24) is 4.90 Å². The van der Waals surface area contributed by atoms with Gasteiger partial charge >= 0.3 is 0 Å². The van der Waals surface area contributed by atoms with E-state index in [2.05, 4.69) is 52.5 Å². The van der Waals surface area contributed by atoms with Crippen molar-refractivity contribution >= 4 is 0 Å². The van der Waals surface area contributed by atoms with Crippen molar-refractivity contribution in [3.63, 3.8) is 0 Å². The van der Waals surface area contributed by atoms with Gasteiger partial charge in [0.1, 0.15) is 0 Å². The van der Waals surface area contributed by atoms with Gasteiger partial charge in [-0.15, -0.1) is 0 Å². The van der Waals surface area contributed by atoms with Crippen LogP contribution in [-0.2, 0) is 0 Å². The van der Waals surface area contributed by atoms with E-state index >= 15 is 0 Å². The summed E-state index contributed by atoms with van der Waals surface area (Å²) in [6, 6.07) is 1.22. The lowest BCUT2D eigenvalue weighted by atomic mass is 10.1. The summed E-state index contributed by atoms with van der Waals surface area (Å²) >= 11 is 0. The van der Waals surface area contributed by atoms with Gasteiger partial charge in [0, 0.05) is 17.8 Å². The van der Waals surface area contributed by atoms with Crippen molar-refractivity contribution in [1.29, 1.82) is 0 Å². The van der Waals surface area contributed by atoms with Crippen molar-refractivity contribution < 1.29 is 0 Å². The zero-order valence-corrected chi connectivity index (χ0v) is 10.1. The van der Waals surface area contributed by atoms with Crippen molar-refractivity contribution in [3.8, 4) is 0 Å². The molecule has 13 heavy (non-hydrogen) atoms. The van der Waals surface area contributed by atoms with Gasteiger partial charge in [-0.2, -0.15) is 0 Å². The van der Waals surface area contributed by atoms with Gasteiger partial charge in [-0.3, -0.25) is 0 Å². The lowest BCUT2D eigenvalue weighted by Crippen LogP contribution is -2.36. The number of hydrogen-bond acceptors (Lipinski definition) is 1. The highest BCUT2D eigenvalue weighted by Crippen LogP contribution is 2.17. The summed E-state index contributed by atoms with van der Waals surface area (Å²) in [7, 11) is 0. The maximum Gasteiger partial charge on any atom is 0.0233 e. The molecule has 1 heteroatoms. The predicted octanol–water partition coefficient (Wildman–Crippen LogP) is 3.81. The highest BCUT2D eigenvalue weighted by molar-refractivity contribution is 5.02. The summed E-state index contributed by atoms with van der Waals surface area (Å²) in [4.78, 5) is 2.50. The molecule has 0 aliphatic heterocycles. The van der Waals surface area contributed by atoms with Crippen molar-refractivity contribution in [2.45, 2.75) is 66.5 Å². The predicted molar refractivity (Wildman–Crippen MR) is 60.8 cm³/mol. The Morgan fingerprint density at radius 1 is 1.08 bits per heavy atom. The van der Waals surface area contributed by atoms with Crippen molar-refractivity contribution in [3.05, 3.63) is 11.8 Å². The highest BCUT2D eigenvalue weighted by atomic mass is 15.2. The quantitative estimate of drug-likeness (QED) is 0.626. The van der Waals surface area contributed by atoms with Crippen LogP contribution in [0.15, 0.2) is 11.8 Å². The molecule has 0 aromatic heterocycles. The van der Waals surface area contributed by atoms with E-state index in [1.165, 1.54) is 5.70 Å². The second-order valence-electron chi connectivity index (χ2n) is 4.05. The van der Waals surface area contributed by atoms with E-state index < -0.39 is 0 Å². The summed E-state index contributed by atoms with van der Waals surface area (Å²) < 4.78 is 0. The SMILES string of the molecule is CCC=C(CC)N(C(C)C)C(C)C. The molecule has 0 rings (SSSR count). The van der Waals surface area contributed by atoms with Crippen LogP contribution >= 0.6 is 0 Å². The summed E-state index contributed by atoms with van der Waals surface area (Å²) in [5.74, 6) is 0. The first-order valence-corrected chi connectivity index (χ1v) is 5.51. The molecule has 78 valence electrons. The Bertz CT molecular complexity index is 149. The van der Waals surface area contributed by atoms with E-state index in [-0.39, 0.29) is 0 Å². The molecule has 0 N–H and O–H groups in total. The minimum atomic E-state index is 0.609. The van der Waals surface area contributed by atoms with E-state index in [0.717, 1.165) is 12.8 Å². The zero-order valence-electron chi connectivity index (χ0n) is 10.1. The monoisotopic (exact) mass is 183 g/mol. The van der Waals surface area contributed by atoms with E-state index in [4.69, 9.17) is 0 Å². The highest BCUT2D eigenvalue weighted by Gasteiger charge is 2.14. The molecule has 0 saturated carbocycles. The first-order chi connectivity index (χ1) is 6.04. The fourth-order valence-corrected chi connectivity index (χ4v) is 1.93. The van der Waals surface area contributed by atoms with Gasteiger partial charge in [0.2, 0.25) is 0 Å². The van der Waals surface area contributed by atoms with Crippen LogP contribution in [-0.4, -0.2) is 17.0 Å². The largest absolute Gasteiger partial charge is 0.370 e. The average molecular weight is 183 g/mol. The Balaban J connectivity index is 4.59. The van der Waals surface area contributed by atoms with Gasteiger partial charge in [0.25, 0.3) is 0 Å². The molecule has 0 heterocycles. The van der Waals surface area contributed by atoms with E-state index in [9.17, 15) is 0 Å². The van der Waals surface area contributed by atoms with Crippen molar-refractivity contribution in [2.24, 2.45) is 0 Å². The molecule has 0 spiro atoms. The van der Waals surface area contributed by atoms with Gasteiger partial charge in [-0.05, 0) is 40.5 Å². The molecular formula is C12H25N. The molecule has 0 atom stereocenters. The molecule has 0 aromatic rings. The van der Waals surface area contributed by atoms with Crippen LogP contribution in [0.3, 0.4) is 0 Å². The van der Waals surface area contributed by atoms with Crippen LogP contribution in [0.2, 0.25) is 0 Å². The van der Waals surface area contributed by atoms with E-state index in [1.807, 2.05) is 0 Å². The minimum absolute atomic E-state index is 0.609.